The van der Waals surface area contributed by atoms with Crippen molar-refractivity contribution in [1.29, 1.82) is 0 Å². The lowest BCUT2D eigenvalue weighted by molar-refractivity contribution is 0.609. The molecule has 0 atom stereocenters. The molecule has 0 fully saturated rings. The molecule has 1 aromatic carbocycles. The summed E-state index contributed by atoms with van der Waals surface area (Å²) in [6, 6.07) is 6.75. The number of halogens is 1. The quantitative estimate of drug-likeness (QED) is 0.881. The Bertz CT molecular complexity index is 587. The fraction of sp³-hybridized carbons (Fsp3) is 0.357. The zero-order chi connectivity index (χ0) is 12.7. The molecule has 0 spiro atoms. The van der Waals surface area contributed by atoms with Gasteiger partial charge in [0.25, 0.3) is 0 Å². The molecule has 18 heavy (non-hydrogen) atoms. The van der Waals surface area contributed by atoms with E-state index in [2.05, 4.69) is 24.3 Å². The molecule has 0 aliphatic carbocycles. The monoisotopic (exact) mass is 245 g/mol. The number of benzene rings is 1. The standard InChI is InChI=1S/C14H16FN3/c1-9(2)13-10-7-8-16-14(10)18(17-13)12-6-4-3-5-11(12)15/h3-6,9,16H,7-8H2,1-2H3. The van der Waals surface area contributed by atoms with Crippen LogP contribution in [0.3, 0.4) is 0 Å². The predicted molar refractivity (Wildman–Crippen MR) is 69.8 cm³/mol. The van der Waals surface area contributed by atoms with Crippen LogP contribution in [-0.2, 0) is 6.42 Å². The van der Waals surface area contributed by atoms with Crippen LogP contribution in [0.4, 0.5) is 10.2 Å². The van der Waals surface area contributed by atoms with Crippen LogP contribution in [-0.4, -0.2) is 16.3 Å². The normalized spacial score (nSPS) is 13.8. The van der Waals surface area contributed by atoms with E-state index in [0.29, 0.717) is 11.6 Å². The highest BCUT2D eigenvalue weighted by Crippen LogP contribution is 2.32. The van der Waals surface area contributed by atoms with Crippen LogP contribution in [0, 0.1) is 5.82 Å². The van der Waals surface area contributed by atoms with Gasteiger partial charge in [0, 0.05) is 12.1 Å². The molecule has 0 amide bonds. The number of nitrogens with zero attached hydrogens (tertiary/aromatic N) is 2. The van der Waals surface area contributed by atoms with Gasteiger partial charge in [0.1, 0.15) is 17.3 Å². The minimum Gasteiger partial charge on any atom is -0.369 e. The summed E-state index contributed by atoms with van der Waals surface area (Å²) in [5.41, 5.74) is 2.81. The van der Waals surface area contributed by atoms with Crippen molar-refractivity contribution in [3.05, 3.63) is 41.3 Å². The van der Waals surface area contributed by atoms with Crippen molar-refractivity contribution in [1.82, 2.24) is 9.78 Å². The van der Waals surface area contributed by atoms with Gasteiger partial charge in [-0.3, -0.25) is 0 Å². The second-order valence-corrected chi connectivity index (χ2v) is 4.91. The minimum absolute atomic E-state index is 0.244. The van der Waals surface area contributed by atoms with Crippen LogP contribution < -0.4 is 5.32 Å². The lowest BCUT2D eigenvalue weighted by atomic mass is 10.1. The van der Waals surface area contributed by atoms with Crippen LogP contribution in [0.25, 0.3) is 5.69 Å². The molecule has 1 aromatic heterocycles. The molecule has 4 heteroatoms. The average molecular weight is 245 g/mol. The van der Waals surface area contributed by atoms with Gasteiger partial charge in [-0.25, -0.2) is 9.07 Å². The first-order valence-corrected chi connectivity index (χ1v) is 6.29. The Morgan fingerprint density at radius 2 is 2.11 bits per heavy atom. The van der Waals surface area contributed by atoms with E-state index in [1.165, 1.54) is 11.6 Å². The predicted octanol–water partition coefficient (Wildman–Crippen LogP) is 3.10. The first-order chi connectivity index (χ1) is 8.68. The third-order valence-electron chi connectivity index (χ3n) is 3.31. The highest BCUT2D eigenvalue weighted by atomic mass is 19.1. The summed E-state index contributed by atoms with van der Waals surface area (Å²) in [6.07, 6.45) is 0.970. The van der Waals surface area contributed by atoms with Crippen molar-refractivity contribution in [3.63, 3.8) is 0 Å². The van der Waals surface area contributed by atoms with Crippen LogP contribution in [0.2, 0.25) is 0 Å². The lowest BCUT2D eigenvalue weighted by Gasteiger charge is -2.07. The summed E-state index contributed by atoms with van der Waals surface area (Å²) >= 11 is 0. The van der Waals surface area contributed by atoms with Gasteiger partial charge in [-0.1, -0.05) is 26.0 Å². The fourth-order valence-electron chi connectivity index (χ4n) is 2.46. The highest BCUT2D eigenvalue weighted by molar-refractivity contribution is 5.57. The maximum absolute atomic E-state index is 13.9. The number of hydrogen-bond acceptors (Lipinski definition) is 2. The van der Waals surface area contributed by atoms with Gasteiger partial charge in [0.2, 0.25) is 0 Å². The second kappa shape index (κ2) is 4.12. The Balaban J connectivity index is 2.19. The number of nitrogens with one attached hydrogen (secondary N) is 1. The third-order valence-corrected chi connectivity index (χ3v) is 3.31. The lowest BCUT2D eigenvalue weighted by Crippen LogP contribution is -2.06. The van der Waals surface area contributed by atoms with Gasteiger partial charge in [-0.05, 0) is 24.5 Å². The van der Waals surface area contributed by atoms with Gasteiger partial charge in [0.15, 0.2) is 0 Å². The van der Waals surface area contributed by atoms with Crippen LogP contribution in [0.1, 0.15) is 31.0 Å². The van der Waals surface area contributed by atoms with Crippen molar-refractivity contribution in [2.45, 2.75) is 26.2 Å². The summed E-state index contributed by atoms with van der Waals surface area (Å²) in [4.78, 5) is 0. The Hall–Kier alpha value is -1.84. The summed E-state index contributed by atoms with van der Waals surface area (Å²) < 4.78 is 15.6. The number of para-hydroxylation sites is 1. The molecular formula is C14H16FN3. The first-order valence-electron chi connectivity index (χ1n) is 6.29. The molecule has 1 aliphatic heterocycles. The van der Waals surface area contributed by atoms with Crippen LogP contribution in [0.15, 0.2) is 24.3 Å². The van der Waals surface area contributed by atoms with Crippen molar-refractivity contribution in [2.24, 2.45) is 0 Å². The zero-order valence-corrected chi connectivity index (χ0v) is 10.6. The summed E-state index contributed by atoms with van der Waals surface area (Å²) in [6.45, 7) is 5.14. The van der Waals surface area contributed by atoms with Gasteiger partial charge in [0.05, 0.1) is 5.69 Å². The number of anilines is 1. The van der Waals surface area contributed by atoms with Gasteiger partial charge in [-0.2, -0.15) is 5.10 Å². The van der Waals surface area contributed by atoms with E-state index >= 15 is 0 Å². The van der Waals surface area contributed by atoms with Crippen molar-refractivity contribution >= 4 is 5.82 Å². The first kappa shape index (κ1) is 11.3. The van der Waals surface area contributed by atoms with Gasteiger partial charge in [-0.15, -0.1) is 0 Å². The number of aromatic nitrogens is 2. The molecule has 94 valence electrons. The fourth-order valence-corrected chi connectivity index (χ4v) is 2.46. The Kier molecular flexibility index (Phi) is 2.58. The minimum atomic E-state index is -0.244. The molecule has 1 N–H and O–H groups in total. The largest absolute Gasteiger partial charge is 0.369 e. The van der Waals surface area contributed by atoms with Gasteiger partial charge >= 0.3 is 0 Å². The SMILES string of the molecule is CC(C)c1nn(-c2ccccc2F)c2c1CCN2. The van der Waals surface area contributed by atoms with E-state index in [-0.39, 0.29) is 5.82 Å². The van der Waals surface area contributed by atoms with E-state index < -0.39 is 0 Å². The highest BCUT2D eigenvalue weighted by Gasteiger charge is 2.25. The van der Waals surface area contributed by atoms with Crippen molar-refractivity contribution in [3.8, 4) is 5.69 Å². The van der Waals surface area contributed by atoms with E-state index in [1.54, 1.807) is 16.8 Å². The van der Waals surface area contributed by atoms with Crippen LogP contribution >= 0.6 is 0 Å². The molecule has 2 heterocycles. The number of fused-ring (bicyclic) bond motifs is 1. The molecule has 3 nitrogen and oxygen atoms in total. The summed E-state index contributed by atoms with van der Waals surface area (Å²) in [5.74, 6) is 1.06. The van der Waals surface area contributed by atoms with Gasteiger partial charge < -0.3 is 5.32 Å². The third kappa shape index (κ3) is 1.60. The molecule has 0 bridgehead atoms. The molecule has 0 unspecified atom stereocenters. The zero-order valence-electron chi connectivity index (χ0n) is 10.6. The Morgan fingerprint density at radius 1 is 1.33 bits per heavy atom. The molecule has 0 radical (unpaired) electrons. The van der Waals surface area contributed by atoms with E-state index in [1.807, 2.05) is 6.07 Å². The molecule has 2 aromatic rings. The maximum Gasteiger partial charge on any atom is 0.148 e. The van der Waals surface area contributed by atoms with Crippen molar-refractivity contribution in [2.75, 3.05) is 11.9 Å². The maximum atomic E-state index is 13.9. The molecule has 3 rings (SSSR count). The molecule has 0 saturated heterocycles. The van der Waals surface area contributed by atoms with E-state index in [9.17, 15) is 4.39 Å². The topological polar surface area (TPSA) is 29.9 Å². The number of hydrogen-bond donors (Lipinski definition) is 1. The van der Waals surface area contributed by atoms with E-state index in [0.717, 1.165) is 24.5 Å². The molecule has 1 aliphatic rings. The van der Waals surface area contributed by atoms with Crippen LogP contribution in [0.5, 0.6) is 0 Å². The summed E-state index contributed by atoms with van der Waals surface area (Å²) in [7, 11) is 0. The molecular weight excluding hydrogens is 229 g/mol. The average Bonchev–Trinajstić information content (AvgIpc) is 2.90. The second-order valence-electron chi connectivity index (χ2n) is 4.91. The van der Waals surface area contributed by atoms with E-state index in [4.69, 9.17) is 0 Å². The Labute approximate surface area is 106 Å². The Morgan fingerprint density at radius 3 is 2.83 bits per heavy atom. The molecule has 0 saturated carbocycles. The summed E-state index contributed by atoms with van der Waals surface area (Å²) in [5, 5.41) is 7.88. The smallest absolute Gasteiger partial charge is 0.148 e. The van der Waals surface area contributed by atoms with Crippen molar-refractivity contribution < 1.29 is 4.39 Å². The number of rotatable bonds is 2.